The fraction of sp³-hybridized carbons (Fsp3) is 0.391. The van der Waals surface area contributed by atoms with E-state index < -0.39 is 5.91 Å². The summed E-state index contributed by atoms with van der Waals surface area (Å²) in [5.74, 6) is -0.123. The van der Waals surface area contributed by atoms with Gasteiger partial charge in [0.05, 0.1) is 29.9 Å². The summed E-state index contributed by atoms with van der Waals surface area (Å²) in [5.41, 5.74) is 2.48. The molecule has 0 atom stereocenters. The second kappa shape index (κ2) is 16.0. The van der Waals surface area contributed by atoms with Crippen molar-refractivity contribution in [3.8, 4) is 0 Å². The highest BCUT2D eigenvalue weighted by Crippen LogP contribution is 2.22. The monoisotopic (exact) mass is 514 g/mol. The van der Waals surface area contributed by atoms with Crippen molar-refractivity contribution in [2.24, 2.45) is 0 Å². The van der Waals surface area contributed by atoms with Gasteiger partial charge in [0.25, 0.3) is 5.91 Å². The molecule has 1 rings (SSSR count). The average molecular weight is 515 g/mol. The van der Waals surface area contributed by atoms with Gasteiger partial charge in [-0.1, -0.05) is 29.3 Å². The number of rotatable bonds is 15. The molecule has 0 fully saturated rings. The first kappa shape index (κ1) is 29.3. The predicted octanol–water partition coefficient (Wildman–Crippen LogP) is 3.95. The molecule has 9 nitrogen and oxygen atoms in total. The zero-order valence-electron chi connectivity index (χ0n) is 19.5. The lowest BCUT2D eigenvalue weighted by atomic mass is 10.2. The third-order valence-electron chi connectivity index (χ3n) is 4.35. The minimum Gasteiger partial charge on any atom is -0.512 e. The summed E-state index contributed by atoms with van der Waals surface area (Å²) in [5, 5.41) is 35.1. The van der Waals surface area contributed by atoms with Crippen LogP contribution in [0.2, 0.25) is 10.0 Å². The van der Waals surface area contributed by atoms with Crippen LogP contribution < -0.4 is 16.0 Å². The van der Waals surface area contributed by atoms with Gasteiger partial charge in [-0.15, -0.1) is 0 Å². The fourth-order valence-corrected chi connectivity index (χ4v) is 2.84. The summed E-state index contributed by atoms with van der Waals surface area (Å²) in [4.78, 5) is 12.9. The van der Waals surface area contributed by atoms with Gasteiger partial charge in [-0.25, -0.2) is 0 Å². The molecule has 34 heavy (non-hydrogen) atoms. The fourth-order valence-electron chi connectivity index (χ4n) is 2.52. The SMILES string of the molecule is CC(C)=C(NCc1ccc(Cl)c(Cl)c1)NC(=O)/C(NCCOCCOC/C(O)=C/O)=C(\C)C=N. The molecule has 0 aliphatic carbocycles. The second-order valence-corrected chi connectivity index (χ2v) is 8.16. The van der Waals surface area contributed by atoms with E-state index in [2.05, 4.69) is 16.0 Å². The van der Waals surface area contributed by atoms with Crippen molar-refractivity contribution in [2.45, 2.75) is 27.3 Å². The number of allylic oxidation sites excluding steroid dienone is 2. The van der Waals surface area contributed by atoms with Crippen molar-refractivity contribution < 1.29 is 24.5 Å². The predicted molar refractivity (Wildman–Crippen MR) is 134 cm³/mol. The number of aliphatic hydroxyl groups is 2. The third kappa shape index (κ3) is 10.9. The van der Waals surface area contributed by atoms with Crippen molar-refractivity contribution in [3.05, 3.63) is 68.5 Å². The summed E-state index contributed by atoms with van der Waals surface area (Å²) in [6, 6.07) is 5.31. The Kier molecular flexibility index (Phi) is 13.8. The number of carbonyl (C=O) groups excluding carboxylic acids is 1. The van der Waals surface area contributed by atoms with Crippen LogP contribution in [0.3, 0.4) is 0 Å². The average Bonchev–Trinajstić information content (AvgIpc) is 2.81. The molecule has 0 radical (unpaired) electrons. The highest BCUT2D eigenvalue weighted by Gasteiger charge is 2.14. The number of hydrogen-bond acceptors (Lipinski definition) is 8. The van der Waals surface area contributed by atoms with Gasteiger partial charge in [0.15, 0.2) is 5.76 Å². The van der Waals surface area contributed by atoms with Crippen LogP contribution in [0.4, 0.5) is 0 Å². The number of halogens is 2. The van der Waals surface area contributed by atoms with E-state index in [0.29, 0.717) is 40.8 Å². The smallest absolute Gasteiger partial charge is 0.273 e. The number of amides is 1. The number of hydrogen-bond donors (Lipinski definition) is 6. The second-order valence-electron chi connectivity index (χ2n) is 7.35. The van der Waals surface area contributed by atoms with Crippen molar-refractivity contribution in [1.82, 2.24) is 16.0 Å². The van der Waals surface area contributed by atoms with Gasteiger partial charge in [0.1, 0.15) is 24.4 Å². The summed E-state index contributed by atoms with van der Waals surface area (Å²) in [7, 11) is 0. The van der Waals surface area contributed by atoms with Gasteiger partial charge in [0.2, 0.25) is 0 Å². The molecule has 0 bridgehead atoms. The molecule has 1 amide bonds. The lowest BCUT2D eigenvalue weighted by molar-refractivity contribution is -0.117. The Morgan fingerprint density at radius 3 is 2.41 bits per heavy atom. The molecule has 0 aliphatic rings. The molecule has 0 saturated carbocycles. The van der Waals surface area contributed by atoms with Crippen LogP contribution in [-0.4, -0.2) is 55.3 Å². The molecule has 188 valence electrons. The number of ether oxygens (including phenoxy) is 2. The molecular formula is C23H32Cl2N4O5. The minimum absolute atomic E-state index is 0.102. The van der Waals surface area contributed by atoms with Crippen molar-refractivity contribution in [2.75, 3.05) is 33.0 Å². The summed E-state index contributed by atoms with van der Waals surface area (Å²) in [6.45, 7) is 6.84. The quantitative estimate of drug-likeness (QED) is 0.0901. The first-order chi connectivity index (χ1) is 16.2. The Morgan fingerprint density at radius 2 is 1.79 bits per heavy atom. The lowest BCUT2D eigenvalue weighted by Gasteiger charge is -2.18. The van der Waals surface area contributed by atoms with Crippen molar-refractivity contribution >= 4 is 35.3 Å². The minimum atomic E-state index is -0.395. The molecular weight excluding hydrogens is 483 g/mol. The number of carbonyl (C=O) groups is 1. The number of nitrogens with one attached hydrogen (secondary N) is 4. The maximum Gasteiger partial charge on any atom is 0.273 e. The van der Waals surface area contributed by atoms with Crippen LogP contribution in [0.1, 0.15) is 26.3 Å². The molecule has 1 aromatic carbocycles. The number of benzene rings is 1. The van der Waals surface area contributed by atoms with Gasteiger partial charge < -0.3 is 41.0 Å². The van der Waals surface area contributed by atoms with Crippen LogP contribution in [0.25, 0.3) is 0 Å². The molecule has 6 N–H and O–H groups in total. The largest absolute Gasteiger partial charge is 0.512 e. The zero-order chi connectivity index (χ0) is 25.5. The normalized spacial score (nSPS) is 12.0. The van der Waals surface area contributed by atoms with Gasteiger partial charge in [-0.05, 0) is 49.6 Å². The molecule has 0 aromatic heterocycles. The summed E-state index contributed by atoms with van der Waals surface area (Å²) >= 11 is 12.0. The molecule has 0 unspecified atom stereocenters. The van der Waals surface area contributed by atoms with Crippen LogP contribution in [0, 0.1) is 5.41 Å². The first-order valence-corrected chi connectivity index (χ1v) is 11.2. The third-order valence-corrected chi connectivity index (χ3v) is 5.09. The molecule has 0 aliphatic heterocycles. The van der Waals surface area contributed by atoms with E-state index in [0.717, 1.165) is 17.4 Å². The van der Waals surface area contributed by atoms with Crippen molar-refractivity contribution in [3.63, 3.8) is 0 Å². The van der Waals surface area contributed by atoms with Crippen LogP contribution in [-0.2, 0) is 20.8 Å². The summed E-state index contributed by atoms with van der Waals surface area (Å²) in [6.07, 6.45) is 1.67. The highest BCUT2D eigenvalue weighted by atomic mass is 35.5. The topological polar surface area (TPSA) is 136 Å². The molecule has 0 saturated heterocycles. The molecule has 0 heterocycles. The number of aliphatic hydroxyl groups excluding tert-OH is 2. The standard InChI is InChI=1S/C23H32Cl2N4O5/c1-15(2)22(28-12-17-4-5-19(24)20(25)10-17)29-23(32)21(16(3)11-26)27-6-7-33-8-9-34-14-18(31)13-30/h4-5,10-11,13,26-28,30-31H,6-9,12,14H2,1-3H3,(H,29,32)/b18-13-,21-16-,26-11?. The van der Waals surface area contributed by atoms with E-state index in [9.17, 15) is 4.79 Å². The van der Waals surface area contributed by atoms with Gasteiger partial charge >= 0.3 is 0 Å². The maximum atomic E-state index is 12.9. The van der Waals surface area contributed by atoms with E-state index in [1.807, 2.05) is 19.9 Å². The maximum absolute atomic E-state index is 12.9. The van der Waals surface area contributed by atoms with Gasteiger partial charge in [-0.3, -0.25) is 4.79 Å². The van der Waals surface area contributed by atoms with Gasteiger partial charge in [-0.2, -0.15) is 0 Å². The Balaban J connectivity index is 2.60. The molecule has 0 spiro atoms. The van der Waals surface area contributed by atoms with Crippen LogP contribution >= 0.6 is 23.2 Å². The van der Waals surface area contributed by atoms with Crippen molar-refractivity contribution in [1.29, 1.82) is 5.41 Å². The zero-order valence-corrected chi connectivity index (χ0v) is 21.0. The van der Waals surface area contributed by atoms with E-state index in [1.165, 1.54) is 0 Å². The Hall–Kier alpha value is -2.72. The Bertz CT molecular complexity index is 928. The molecule has 1 aromatic rings. The van der Waals surface area contributed by atoms with E-state index in [1.54, 1.807) is 19.1 Å². The van der Waals surface area contributed by atoms with Crippen LogP contribution in [0.5, 0.6) is 0 Å². The summed E-state index contributed by atoms with van der Waals surface area (Å²) < 4.78 is 10.5. The Labute approximate surface area is 209 Å². The van der Waals surface area contributed by atoms with E-state index in [4.69, 9.17) is 48.3 Å². The van der Waals surface area contributed by atoms with Crippen LogP contribution in [0.15, 0.2) is 52.9 Å². The Morgan fingerprint density at radius 1 is 1.09 bits per heavy atom. The van der Waals surface area contributed by atoms with E-state index >= 15 is 0 Å². The van der Waals surface area contributed by atoms with Gasteiger partial charge in [0, 0.05) is 19.3 Å². The van der Waals surface area contributed by atoms with E-state index in [-0.39, 0.29) is 37.9 Å². The lowest BCUT2D eigenvalue weighted by Crippen LogP contribution is -2.38. The highest BCUT2D eigenvalue weighted by molar-refractivity contribution is 6.42. The molecule has 11 heteroatoms. The first-order valence-electron chi connectivity index (χ1n) is 10.5.